The summed E-state index contributed by atoms with van der Waals surface area (Å²) in [6.07, 6.45) is 1.69. The fourth-order valence-electron chi connectivity index (χ4n) is 1.06. The number of carbonyl (C=O) groups is 1. The lowest BCUT2D eigenvalue weighted by molar-refractivity contribution is -0.138. The van der Waals surface area contributed by atoms with Crippen LogP contribution in [0.3, 0.4) is 0 Å². The summed E-state index contributed by atoms with van der Waals surface area (Å²) in [6.45, 7) is 3.71. The molecular formula is C7H16N2O2S. The van der Waals surface area contributed by atoms with Gasteiger partial charge in [-0.25, -0.2) is 0 Å². The molecule has 0 saturated carbocycles. The topological polar surface area (TPSA) is 52.6 Å². The molecule has 0 atom stereocenters. The second kappa shape index (κ2) is 7.39. The zero-order valence-electron chi connectivity index (χ0n) is 7.29. The lowest BCUT2D eigenvalue weighted by Crippen LogP contribution is -2.45. The van der Waals surface area contributed by atoms with E-state index in [1.807, 2.05) is 4.90 Å². The first-order valence-electron chi connectivity index (χ1n) is 3.88. The van der Waals surface area contributed by atoms with Crippen molar-refractivity contribution in [1.29, 1.82) is 0 Å². The molecule has 1 rings (SSSR count). The number of piperazine rings is 1. The molecule has 0 unspecified atom stereocenters. The maximum absolute atomic E-state index is 10.2. The molecule has 0 bridgehead atoms. The number of nitrogens with one attached hydrogen (secondary N) is 1. The van der Waals surface area contributed by atoms with Crippen LogP contribution in [0.5, 0.6) is 0 Å². The first kappa shape index (κ1) is 11.7. The van der Waals surface area contributed by atoms with E-state index in [-0.39, 0.29) is 6.54 Å². The Hall–Kier alpha value is -0.260. The summed E-state index contributed by atoms with van der Waals surface area (Å²) in [5.74, 6) is -0.734. The number of rotatable bonds is 2. The van der Waals surface area contributed by atoms with Gasteiger partial charge >= 0.3 is 5.97 Å². The molecule has 1 aliphatic heterocycles. The van der Waals surface area contributed by atoms with Crippen LogP contribution in [0.4, 0.5) is 0 Å². The monoisotopic (exact) mass is 192 g/mol. The van der Waals surface area contributed by atoms with Gasteiger partial charge in [-0.1, -0.05) is 0 Å². The van der Waals surface area contributed by atoms with E-state index in [1.165, 1.54) is 0 Å². The SMILES string of the molecule is CS.O=C(O)CN1CCNCC1. The number of nitrogens with zero attached hydrogens (tertiary/aromatic N) is 1. The Morgan fingerprint density at radius 3 is 2.42 bits per heavy atom. The van der Waals surface area contributed by atoms with Crippen molar-refractivity contribution in [3.63, 3.8) is 0 Å². The van der Waals surface area contributed by atoms with Crippen LogP contribution in [0.1, 0.15) is 0 Å². The fourth-order valence-corrected chi connectivity index (χ4v) is 1.06. The smallest absolute Gasteiger partial charge is 0.317 e. The van der Waals surface area contributed by atoms with Gasteiger partial charge < -0.3 is 10.4 Å². The molecule has 0 spiro atoms. The van der Waals surface area contributed by atoms with Gasteiger partial charge in [-0.05, 0) is 6.26 Å². The Balaban J connectivity index is 0.000000561. The highest BCUT2D eigenvalue weighted by molar-refractivity contribution is 7.79. The van der Waals surface area contributed by atoms with Crippen molar-refractivity contribution in [2.45, 2.75) is 0 Å². The van der Waals surface area contributed by atoms with Gasteiger partial charge in [-0.3, -0.25) is 9.69 Å². The molecule has 5 heteroatoms. The third-order valence-electron chi connectivity index (χ3n) is 1.57. The second-order valence-electron chi connectivity index (χ2n) is 2.42. The van der Waals surface area contributed by atoms with Crippen molar-refractivity contribution >= 4 is 18.6 Å². The van der Waals surface area contributed by atoms with Crippen LogP contribution in [-0.2, 0) is 4.79 Å². The van der Waals surface area contributed by atoms with Gasteiger partial charge in [-0.15, -0.1) is 0 Å². The van der Waals surface area contributed by atoms with Gasteiger partial charge in [0.05, 0.1) is 6.54 Å². The lowest BCUT2D eigenvalue weighted by Gasteiger charge is -2.25. The van der Waals surface area contributed by atoms with Gasteiger partial charge in [0.1, 0.15) is 0 Å². The molecular weight excluding hydrogens is 176 g/mol. The van der Waals surface area contributed by atoms with Gasteiger partial charge in [0.15, 0.2) is 0 Å². The predicted octanol–water partition coefficient (Wildman–Crippen LogP) is -0.478. The summed E-state index contributed by atoms with van der Waals surface area (Å²) in [7, 11) is 0. The first-order valence-corrected chi connectivity index (χ1v) is 4.78. The van der Waals surface area contributed by atoms with E-state index in [0.717, 1.165) is 26.2 Å². The molecule has 72 valence electrons. The maximum Gasteiger partial charge on any atom is 0.317 e. The van der Waals surface area contributed by atoms with Crippen LogP contribution in [-0.4, -0.2) is 55.0 Å². The van der Waals surface area contributed by atoms with Crippen molar-refractivity contribution in [1.82, 2.24) is 10.2 Å². The normalized spacial score (nSPS) is 17.8. The minimum Gasteiger partial charge on any atom is -0.480 e. The molecule has 1 saturated heterocycles. The summed E-state index contributed by atoms with van der Waals surface area (Å²) in [5, 5.41) is 11.6. The number of aliphatic carboxylic acids is 1. The van der Waals surface area contributed by atoms with E-state index in [2.05, 4.69) is 17.9 Å². The molecule has 0 aromatic heterocycles. The summed E-state index contributed by atoms with van der Waals surface area (Å²) in [6, 6.07) is 0. The van der Waals surface area contributed by atoms with Crippen LogP contribution in [0.25, 0.3) is 0 Å². The van der Waals surface area contributed by atoms with Crippen LogP contribution in [0.2, 0.25) is 0 Å². The van der Waals surface area contributed by atoms with E-state index in [9.17, 15) is 4.79 Å². The average molecular weight is 192 g/mol. The van der Waals surface area contributed by atoms with Gasteiger partial charge in [-0.2, -0.15) is 12.6 Å². The number of hydrogen-bond acceptors (Lipinski definition) is 4. The van der Waals surface area contributed by atoms with Crippen LogP contribution in [0.15, 0.2) is 0 Å². The van der Waals surface area contributed by atoms with Gasteiger partial charge in [0, 0.05) is 26.2 Å². The fraction of sp³-hybridized carbons (Fsp3) is 0.857. The third-order valence-corrected chi connectivity index (χ3v) is 1.57. The highest BCUT2D eigenvalue weighted by Gasteiger charge is 2.11. The van der Waals surface area contributed by atoms with E-state index < -0.39 is 5.97 Å². The number of carboxylic acids is 1. The van der Waals surface area contributed by atoms with Crippen molar-refractivity contribution in [2.24, 2.45) is 0 Å². The molecule has 2 N–H and O–H groups in total. The third kappa shape index (κ3) is 5.40. The van der Waals surface area contributed by atoms with Gasteiger partial charge in [0.2, 0.25) is 0 Å². The highest BCUT2D eigenvalue weighted by Crippen LogP contribution is 1.89. The van der Waals surface area contributed by atoms with E-state index >= 15 is 0 Å². The molecule has 12 heavy (non-hydrogen) atoms. The van der Waals surface area contributed by atoms with E-state index in [4.69, 9.17) is 5.11 Å². The Morgan fingerprint density at radius 2 is 2.00 bits per heavy atom. The standard InChI is InChI=1S/C6H12N2O2.CH4S/c9-6(10)5-8-3-1-7-2-4-8;1-2/h7H,1-5H2,(H,9,10);2H,1H3. The van der Waals surface area contributed by atoms with Crippen molar-refractivity contribution < 1.29 is 9.90 Å². The maximum atomic E-state index is 10.2. The van der Waals surface area contributed by atoms with Crippen LogP contribution < -0.4 is 5.32 Å². The summed E-state index contributed by atoms with van der Waals surface area (Å²) >= 11 is 3.53. The Morgan fingerprint density at radius 1 is 1.50 bits per heavy atom. The molecule has 1 fully saturated rings. The highest BCUT2D eigenvalue weighted by atomic mass is 32.1. The minimum atomic E-state index is -0.734. The molecule has 4 nitrogen and oxygen atoms in total. The largest absolute Gasteiger partial charge is 0.480 e. The summed E-state index contributed by atoms with van der Waals surface area (Å²) in [4.78, 5) is 12.1. The van der Waals surface area contributed by atoms with Crippen molar-refractivity contribution in [3.8, 4) is 0 Å². The predicted molar refractivity (Wildman–Crippen MR) is 51.9 cm³/mol. The summed E-state index contributed by atoms with van der Waals surface area (Å²) in [5.41, 5.74) is 0. The summed E-state index contributed by atoms with van der Waals surface area (Å²) < 4.78 is 0. The minimum absolute atomic E-state index is 0.182. The molecule has 0 radical (unpaired) electrons. The molecule has 1 heterocycles. The zero-order chi connectivity index (χ0) is 9.40. The zero-order valence-corrected chi connectivity index (χ0v) is 8.18. The number of carboxylic acid groups (broad SMARTS) is 1. The Labute approximate surface area is 78.3 Å². The molecule has 0 aliphatic carbocycles. The number of thiol groups is 1. The lowest BCUT2D eigenvalue weighted by atomic mass is 10.3. The van der Waals surface area contributed by atoms with E-state index in [0.29, 0.717) is 0 Å². The first-order chi connectivity index (χ1) is 5.79. The van der Waals surface area contributed by atoms with E-state index in [1.54, 1.807) is 6.26 Å². The molecule has 0 aromatic rings. The average Bonchev–Trinajstić information content (AvgIpc) is 2.08. The van der Waals surface area contributed by atoms with Crippen molar-refractivity contribution in [3.05, 3.63) is 0 Å². The quantitative estimate of drug-likeness (QED) is 0.517. The Kier molecular flexibility index (Phi) is 7.23. The number of hydrogen-bond donors (Lipinski definition) is 3. The molecule has 1 aliphatic rings. The molecule has 0 amide bonds. The van der Waals surface area contributed by atoms with Crippen LogP contribution in [0, 0.1) is 0 Å². The van der Waals surface area contributed by atoms with Gasteiger partial charge in [0.25, 0.3) is 0 Å². The van der Waals surface area contributed by atoms with Crippen LogP contribution >= 0.6 is 12.6 Å². The molecule has 0 aromatic carbocycles. The second-order valence-corrected chi connectivity index (χ2v) is 2.42. The van der Waals surface area contributed by atoms with Crippen molar-refractivity contribution in [2.75, 3.05) is 39.0 Å². The Bertz CT molecular complexity index is 127.